The molecule has 0 unspecified atom stereocenters. The van der Waals surface area contributed by atoms with Crippen molar-refractivity contribution in [3.05, 3.63) is 46.0 Å². The lowest BCUT2D eigenvalue weighted by atomic mass is 10.2. The van der Waals surface area contributed by atoms with Crippen molar-refractivity contribution in [3.63, 3.8) is 0 Å². The van der Waals surface area contributed by atoms with E-state index in [1.165, 1.54) is 18.2 Å². The molecule has 6 heteroatoms. The van der Waals surface area contributed by atoms with Crippen LogP contribution in [0.25, 0.3) is 6.08 Å². The maximum atomic E-state index is 11.5. The average Bonchev–Trinajstić information content (AvgIpc) is 2.41. The molecule has 0 saturated heterocycles. The first-order valence-electron chi connectivity index (χ1n) is 6.43. The molecule has 1 aromatic rings. The molecule has 0 heterocycles. The quantitative estimate of drug-likeness (QED) is 0.344. The lowest BCUT2D eigenvalue weighted by Gasteiger charge is -2.07. The Hall–Kier alpha value is -2.21. The van der Waals surface area contributed by atoms with Crippen LogP contribution < -0.4 is 10.6 Å². The smallest absolute Gasteiger partial charge is 0.270 e. The summed E-state index contributed by atoms with van der Waals surface area (Å²) in [5.74, 6) is -0.220. The second kappa shape index (κ2) is 8.06. The fourth-order valence-corrected chi connectivity index (χ4v) is 1.52. The van der Waals surface area contributed by atoms with E-state index in [0.29, 0.717) is 24.7 Å². The molecule has 1 aromatic carbocycles. The van der Waals surface area contributed by atoms with Gasteiger partial charge in [0.1, 0.15) is 0 Å². The van der Waals surface area contributed by atoms with Gasteiger partial charge in [0.25, 0.3) is 5.69 Å². The molecule has 0 bridgehead atoms. The number of non-ortho nitro benzene ring substituents is 1. The third kappa shape index (κ3) is 6.10. The second-order valence-corrected chi connectivity index (χ2v) is 4.59. The van der Waals surface area contributed by atoms with Gasteiger partial charge in [-0.05, 0) is 11.6 Å². The van der Waals surface area contributed by atoms with Crippen LogP contribution in [0.4, 0.5) is 5.69 Å². The predicted molar refractivity (Wildman–Crippen MR) is 78.3 cm³/mol. The number of nitro groups is 1. The molecule has 20 heavy (non-hydrogen) atoms. The van der Waals surface area contributed by atoms with E-state index >= 15 is 0 Å². The Bertz CT molecular complexity index is 498. The van der Waals surface area contributed by atoms with Gasteiger partial charge in [-0.15, -0.1) is 0 Å². The average molecular weight is 277 g/mol. The summed E-state index contributed by atoms with van der Waals surface area (Å²) in [6, 6.07) is 6.51. The number of nitrogens with zero attached hydrogens (tertiary/aromatic N) is 1. The molecular formula is C14H19N3O3. The second-order valence-electron chi connectivity index (χ2n) is 4.59. The van der Waals surface area contributed by atoms with E-state index in [9.17, 15) is 14.9 Å². The molecule has 0 aliphatic rings. The Morgan fingerprint density at radius 1 is 1.40 bits per heavy atom. The Morgan fingerprint density at radius 3 is 2.80 bits per heavy atom. The third-order valence-corrected chi connectivity index (χ3v) is 2.49. The Labute approximate surface area is 118 Å². The Balaban J connectivity index is 2.45. The van der Waals surface area contributed by atoms with E-state index in [1.807, 2.05) is 13.8 Å². The highest BCUT2D eigenvalue weighted by atomic mass is 16.6. The molecule has 1 rings (SSSR count). The van der Waals surface area contributed by atoms with Crippen LogP contribution in [-0.2, 0) is 4.79 Å². The lowest BCUT2D eigenvalue weighted by molar-refractivity contribution is -0.384. The molecule has 6 nitrogen and oxygen atoms in total. The summed E-state index contributed by atoms with van der Waals surface area (Å²) in [5.41, 5.74) is 0.628. The van der Waals surface area contributed by atoms with Gasteiger partial charge in [-0.2, -0.15) is 0 Å². The number of hydrogen-bond donors (Lipinski definition) is 2. The van der Waals surface area contributed by atoms with Gasteiger partial charge in [-0.1, -0.05) is 26.0 Å². The van der Waals surface area contributed by atoms with Gasteiger partial charge in [0.05, 0.1) is 4.92 Å². The molecule has 0 saturated carbocycles. The number of amides is 1. The van der Waals surface area contributed by atoms with Gasteiger partial charge >= 0.3 is 0 Å². The highest BCUT2D eigenvalue weighted by Crippen LogP contribution is 2.13. The first-order chi connectivity index (χ1) is 9.49. The molecular weight excluding hydrogens is 258 g/mol. The number of hydrogen-bond acceptors (Lipinski definition) is 4. The summed E-state index contributed by atoms with van der Waals surface area (Å²) in [7, 11) is 0. The first kappa shape index (κ1) is 15.8. The molecule has 0 spiro atoms. The number of carbonyl (C=O) groups excluding carboxylic acids is 1. The van der Waals surface area contributed by atoms with Gasteiger partial charge in [-0.3, -0.25) is 14.9 Å². The summed E-state index contributed by atoms with van der Waals surface area (Å²) >= 11 is 0. The van der Waals surface area contributed by atoms with Gasteiger partial charge < -0.3 is 10.6 Å². The number of carbonyl (C=O) groups is 1. The molecule has 0 aliphatic carbocycles. The minimum atomic E-state index is -0.463. The van der Waals surface area contributed by atoms with Crippen LogP contribution in [0.3, 0.4) is 0 Å². The highest BCUT2D eigenvalue weighted by molar-refractivity contribution is 5.91. The summed E-state index contributed by atoms with van der Waals surface area (Å²) in [4.78, 5) is 21.7. The SMILES string of the molecule is CC(C)NCCNC(=O)C=Cc1cccc([N+](=O)[O-])c1. The lowest BCUT2D eigenvalue weighted by Crippen LogP contribution is -2.33. The van der Waals surface area contributed by atoms with Crippen LogP contribution in [0.5, 0.6) is 0 Å². The van der Waals surface area contributed by atoms with Crippen LogP contribution in [0.2, 0.25) is 0 Å². The minimum absolute atomic E-state index is 0.00805. The Morgan fingerprint density at radius 2 is 2.15 bits per heavy atom. The molecule has 1 amide bonds. The van der Waals surface area contributed by atoms with Crippen molar-refractivity contribution in [1.29, 1.82) is 0 Å². The van der Waals surface area contributed by atoms with Gasteiger partial charge in [0, 0.05) is 37.3 Å². The molecule has 108 valence electrons. The number of nitrogens with one attached hydrogen (secondary N) is 2. The zero-order chi connectivity index (χ0) is 15.0. The maximum Gasteiger partial charge on any atom is 0.270 e. The molecule has 0 atom stereocenters. The van der Waals surface area contributed by atoms with E-state index in [2.05, 4.69) is 10.6 Å². The summed E-state index contributed by atoms with van der Waals surface area (Å²) < 4.78 is 0. The fourth-order valence-electron chi connectivity index (χ4n) is 1.52. The largest absolute Gasteiger partial charge is 0.351 e. The van der Waals surface area contributed by atoms with Crippen molar-refractivity contribution in [2.75, 3.05) is 13.1 Å². The predicted octanol–water partition coefficient (Wildman–Crippen LogP) is 1.72. The van der Waals surface area contributed by atoms with Crippen molar-refractivity contribution in [2.45, 2.75) is 19.9 Å². The zero-order valence-electron chi connectivity index (χ0n) is 11.6. The fraction of sp³-hybridized carbons (Fsp3) is 0.357. The molecule has 0 fully saturated rings. The topological polar surface area (TPSA) is 84.3 Å². The van der Waals surface area contributed by atoms with E-state index in [4.69, 9.17) is 0 Å². The van der Waals surface area contributed by atoms with Gasteiger partial charge in [0.2, 0.25) is 5.91 Å². The summed E-state index contributed by atoms with van der Waals surface area (Å²) in [5, 5.41) is 16.5. The van der Waals surface area contributed by atoms with Crippen molar-refractivity contribution in [1.82, 2.24) is 10.6 Å². The van der Waals surface area contributed by atoms with Gasteiger partial charge in [-0.25, -0.2) is 0 Å². The number of benzene rings is 1. The summed E-state index contributed by atoms with van der Waals surface area (Å²) in [6.07, 6.45) is 2.92. The van der Waals surface area contributed by atoms with E-state index in [-0.39, 0.29) is 11.6 Å². The van der Waals surface area contributed by atoms with Gasteiger partial charge in [0.15, 0.2) is 0 Å². The van der Waals surface area contributed by atoms with Crippen LogP contribution in [0.1, 0.15) is 19.4 Å². The van der Waals surface area contributed by atoms with Crippen molar-refractivity contribution in [3.8, 4) is 0 Å². The van der Waals surface area contributed by atoms with E-state index in [1.54, 1.807) is 18.2 Å². The van der Waals surface area contributed by atoms with Crippen LogP contribution in [-0.4, -0.2) is 30.0 Å². The number of rotatable bonds is 7. The van der Waals surface area contributed by atoms with Crippen molar-refractivity contribution in [2.24, 2.45) is 0 Å². The van der Waals surface area contributed by atoms with Crippen LogP contribution in [0.15, 0.2) is 30.3 Å². The van der Waals surface area contributed by atoms with Crippen LogP contribution in [0, 0.1) is 10.1 Å². The van der Waals surface area contributed by atoms with E-state index < -0.39 is 4.92 Å². The Kier molecular flexibility index (Phi) is 6.39. The minimum Gasteiger partial charge on any atom is -0.351 e. The number of nitro benzene ring substituents is 1. The summed E-state index contributed by atoms with van der Waals surface area (Å²) in [6.45, 7) is 5.30. The monoisotopic (exact) mass is 277 g/mol. The molecule has 0 radical (unpaired) electrons. The first-order valence-corrected chi connectivity index (χ1v) is 6.43. The van der Waals surface area contributed by atoms with Crippen LogP contribution >= 0.6 is 0 Å². The molecule has 0 aliphatic heterocycles. The highest BCUT2D eigenvalue weighted by Gasteiger charge is 2.04. The third-order valence-electron chi connectivity index (χ3n) is 2.49. The standard InChI is InChI=1S/C14H19N3O3/c1-11(2)15-8-9-16-14(18)7-6-12-4-3-5-13(10-12)17(19)20/h3-7,10-11,15H,8-9H2,1-2H3,(H,16,18). The molecule has 0 aromatic heterocycles. The van der Waals surface area contributed by atoms with Crippen molar-refractivity contribution < 1.29 is 9.72 Å². The molecule has 2 N–H and O–H groups in total. The van der Waals surface area contributed by atoms with E-state index in [0.717, 1.165) is 0 Å². The maximum absolute atomic E-state index is 11.5. The zero-order valence-corrected chi connectivity index (χ0v) is 11.6. The normalized spacial score (nSPS) is 10.9. The van der Waals surface area contributed by atoms with Crippen molar-refractivity contribution >= 4 is 17.7 Å².